The molecule has 0 radical (unpaired) electrons. The number of carbonyl (C=O) groups is 1. The van der Waals surface area contributed by atoms with E-state index in [0.717, 1.165) is 6.07 Å². The Morgan fingerprint density at radius 3 is 2.68 bits per heavy atom. The molecule has 0 spiro atoms. The number of hydrogen-bond acceptors (Lipinski definition) is 3. The van der Waals surface area contributed by atoms with Crippen LogP contribution in [0, 0.1) is 5.82 Å². The lowest BCUT2D eigenvalue weighted by Gasteiger charge is -2.10. The Morgan fingerprint density at radius 2 is 2.00 bits per heavy atom. The van der Waals surface area contributed by atoms with Crippen LogP contribution >= 0.6 is 15.9 Å². The van der Waals surface area contributed by atoms with Gasteiger partial charge in [-0.05, 0) is 34.1 Å². The number of carbonyl (C=O) groups excluding carboxylic acids is 1. The Labute approximate surface area is 117 Å². The van der Waals surface area contributed by atoms with Crippen LogP contribution in [0.4, 0.5) is 10.1 Å². The molecule has 4 nitrogen and oxygen atoms in total. The van der Waals surface area contributed by atoms with Gasteiger partial charge < -0.3 is 16.2 Å². The molecule has 0 aliphatic rings. The van der Waals surface area contributed by atoms with E-state index in [9.17, 15) is 9.18 Å². The van der Waals surface area contributed by atoms with Crippen LogP contribution in [-0.4, -0.2) is 5.91 Å². The number of ether oxygens (including phenoxy) is 1. The quantitative estimate of drug-likeness (QED) is 0.851. The van der Waals surface area contributed by atoms with Crippen LogP contribution in [-0.2, 0) is 0 Å². The van der Waals surface area contributed by atoms with E-state index in [1.807, 2.05) is 0 Å². The molecule has 2 aromatic carbocycles. The van der Waals surface area contributed by atoms with Crippen molar-refractivity contribution in [2.45, 2.75) is 0 Å². The summed E-state index contributed by atoms with van der Waals surface area (Å²) < 4.78 is 19.0. The smallest absolute Gasteiger partial charge is 0.248 e. The number of nitrogen functional groups attached to an aromatic ring is 1. The van der Waals surface area contributed by atoms with E-state index in [1.165, 1.54) is 12.1 Å². The molecule has 0 atom stereocenters. The van der Waals surface area contributed by atoms with Crippen LogP contribution in [0.2, 0.25) is 0 Å². The van der Waals surface area contributed by atoms with Gasteiger partial charge in [-0.3, -0.25) is 4.79 Å². The van der Waals surface area contributed by atoms with Gasteiger partial charge in [-0.15, -0.1) is 0 Å². The third kappa shape index (κ3) is 3.03. The van der Waals surface area contributed by atoms with Crippen LogP contribution in [0.15, 0.2) is 40.9 Å². The largest absolute Gasteiger partial charge is 0.455 e. The Bertz CT molecular complexity index is 647. The first kappa shape index (κ1) is 13.4. The molecule has 2 rings (SSSR count). The first-order valence-corrected chi connectivity index (χ1v) is 6.09. The van der Waals surface area contributed by atoms with Gasteiger partial charge in [-0.1, -0.05) is 6.07 Å². The number of halogens is 2. The van der Waals surface area contributed by atoms with Crippen LogP contribution in [0.1, 0.15) is 10.4 Å². The average Bonchev–Trinajstić information content (AvgIpc) is 2.36. The molecule has 0 fully saturated rings. The number of rotatable bonds is 3. The summed E-state index contributed by atoms with van der Waals surface area (Å²) in [5.41, 5.74) is 11.3. The maximum Gasteiger partial charge on any atom is 0.248 e. The number of nitrogens with two attached hydrogens (primary N) is 2. The third-order valence-electron chi connectivity index (χ3n) is 2.40. The fraction of sp³-hybridized carbons (Fsp3) is 0. The fourth-order valence-corrected chi connectivity index (χ4v) is 1.79. The van der Waals surface area contributed by atoms with Gasteiger partial charge in [0.1, 0.15) is 11.6 Å². The van der Waals surface area contributed by atoms with Crippen LogP contribution in [0.25, 0.3) is 0 Å². The summed E-state index contributed by atoms with van der Waals surface area (Å²) in [7, 11) is 0. The van der Waals surface area contributed by atoms with Crippen LogP contribution < -0.4 is 16.2 Å². The van der Waals surface area contributed by atoms with Crippen molar-refractivity contribution in [3.8, 4) is 11.5 Å². The van der Waals surface area contributed by atoms with Gasteiger partial charge in [-0.2, -0.15) is 0 Å². The maximum atomic E-state index is 13.2. The first-order chi connectivity index (χ1) is 8.97. The highest BCUT2D eigenvalue weighted by Crippen LogP contribution is 2.32. The van der Waals surface area contributed by atoms with Gasteiger partial charge in [-0.25, -0.2) is 4.39 Å². The normalized spacial score (nSPS) is 10.2. The summed E-state index contributed by atoms with van der Waals surface area (Å²) in [5.74, 6) is -0.356. The lowest BCUT2D eigenvalue weighted by molar-refractivity contribution is 0.1000. The van der Waals surface area contributed by atoms with Crippen molar-refractivity contribution < 1.29 is 13.9 Å². The molecule has 0 aromatic heterocycles. The molecule has 98 valence electrons. The zero-order chi connectivity index (χ0) is 14.0. The van der Waals surface area contributed by atoms with E-state index in [-0.39, 0.29) is 15.9 Å². The second-order valence-corrected chi connectivity index (χ2v) is 4.65. The number of hydrogen-bond donors (Lipinski definition) is 2. The van der Waals surface area contributed by atoms with E-state index in [2.05, 4.69) is 15.9 Å². The number of primary amides is 1. The molecule has 19 heavy (non-hydrogen) atoms. The van der Waals surface area contributed by atoms with E-state index in [0.29, 0.717) is 11.3 Å². The Balaban J connectivity index is 2.33. The van der Waals surface area contributed by atoms with Crippen molar-refractivity contribution in [3.63, 3.8) is 0 Å². The van der Waals surface area contributed by atoms with Gasteiger partial charge in [0, 0.05) is 17.7 Å². The van der Waals surface area contributed by atoms with E-state index < -0.39 is 11.7 Å². The average molecular weight is 325 g/mol. The molecule has 0 aliphatic heterocycles. The minimum absolute atomic E-state index is 0.158. The van der Waals surface area contributed by atoms with Crippen molar-refractivity contribution in [1.29, 1.82) is 0 Å². The monoisotopic (exact) mass is 324 g/mol. The molecule has 0 heterocycles. The SMILES string of the molecule is NC(=O)c1cccc(Oc2cc(Br)c(F)cc2N)c1. The van der Waals surface area contributed by atoms with Gasteiger partial charge in [0.15, 0.2) is 5.75 Å². The number of anilines is 1. The minimum atomic E-state index is -0.557. The summed E-state index contributed by atoms with van der Waals surface area (Å²) in [6.45, 7) is 0. The fourth-order valence-electron chi connectivity index (χ4n) is 1.47. The topological polar surface area (TPSA) is 78.3 Å². The van der Waals surface area contributed by atoms with Crippen LogP contribution in [0.3, 0.4) is 0 Å². The molecule has 0 saturated heterocycles. The molecule has 0 saturated carbocycles. The lowest BCUT2D eigenvalue weighted by Crippen LogP contribution is -2.10. The van der Waals surface area contributed by atoms with Crippen LogP contribution in [0.5, 0.6) is 11.5 Å². The molecule has 4 N–H and O–H groups in total. The van der Waals surface area contributed by atoms with Gasteiger partial charge in [0.05, 0.1) is 10.2 Å². The number of benzene rings is 2. The molecule has 0 bridgehead atoms. The second-order valence-electron chi connectivity index (χ2n) is 3.80. The lowest BCUT2D eigenvalue weighted by atomic mass is 10.2. The summed E-state index contributed by atoms with van der Waals surface area (Å²) in [5, 5.41) is 0. The summed E-state index contributed by atoms with van der Waals surface area (Å²) in [6.07, 6.45) is 0. The molecule has 0 aliphatic carbocycles. The van der Waals surface area contributed by atoms with Crippen molar-refractivity contribution >= 4 is 27.5 Å². The zero-order valence-electron chi connectivity index (χ0n) is 9.69. The second kappa shape index (κ2) is 5.27. The predicted octanol–water partition coefficient (Wildman–Crippen LogP) is 3.06. The first-order valence-electron chi connectivity index (χ1n) is 5.29. The summed E-state index contributed by atoms with van der Waals surface area (Å²) in [6, 6.07) is 8.89. The summed E-state index contributed by atoms with van der Waals surface area (Å²) in [4.78, 5) is 11.1. The van der Waals surface area contributed by atoms with Crippen molar-refractivity contribution in [3.05, 3.63) is 52.3 Å². The molecule has 1 amide bonds. The molecular formula is C13H10BrFN2O2. The predicted molar refractivity (Wildman–Crippen MR) is 73.5 cm³/mol. The maximum absolute atomic E-state index is 13.2. The zero-order valence-corrected chi connectivity index (χ0v) is 11.3. The van der Waals surface area contributed by atoms with Gasteiger partial charge in [0.2, 0.25) is 5.91 Å². The van der Waals surface area contributed by atoms with Crippen molar-refractivity contribution in [2.24, 2.45) is 5.73 Å². The highest BCUT2D eigenvalue weighted by atomic mass is 79.9. The number of amides is 1. The van der Waals surface area contributed by atoms with Crippen molar-refractivity contribution in [1.82, 2.24) is 0 Å². The van der Waals surface area contributed by atoms with E-state index >= 15 is 0 Å². The molecular weight excluding hydrogens is 315 g/mol. The van der Waals surface area contributed by atoms with E-state index in [4.69, 9.17) is 16.2 Å². The highest BCUT2D eigenvalue weighted by Gasteiger charge is 2.09. The van der Waals surface area contributed by atoms with Gasteiger partial charge >= 0.3 is 0 Å². The van der Waals surface area contributed by atoms with E-state index in [1.54, 1.807) is 18.2 Å². The minimum Gasteiger partial charge on any atom is -0.455 e. The van der Waals surface area contributed by atoms with Gasteiger partial charge in [0.25, 0.3) is 0 Å². The molecule has 6 heteroatoms. The third-order valence-corrected chi connectivity index (χ3v) is 3.01. The molecule has 0 unspecified atom stereocenters. The molecule has 2 aromatic rings. The standard InChI is InChI=1S/C13H10BrFN2O2/c14-9-5-12(11(16)6-10(9)15)19-8-3-1-2-7(4-8)13(17)18/h1-6H,16H2,(H2,17,18). The summed E-state index contributed by atoms with van der Waals surface area (Å²) >= 11 is 3.05. The Hall–Kier alpha value is -2.08. The Kier molecular flexibility index (Phi) is 3.71. The van der Waals surface area contributed by atoms with Crippen molar-refractivity contribution in [2.75, 3.05) is 5.73 Å². The Morgan fingerprint density at radius 1 is 1.26 bits per heavy atom. The highest BCUT2D eigenvalue weighted by molar-refractivity contribution is 9.10.